The third kappa shape index (κ3) is 7.62. The fourth-order valence-electron chi connectivity index (χ4n) is 2.30. The Labute approximate surface area is 145 Å². The van der Waals surface area contributed by atoms with E-state index in [0.29, 0.717) is 30.3 Å². The second-order valence-electron chi connectivity index (χ2n) is 6.53. The second kappa shape index (κ2) is 10.8. The molecule has 0 bridgehead atoms. The molecule has 4 nitrogen and oxygen atoms in total. The zero-order chi connectivity index (χ0) is 17.9. The summed E-state index contributed by atoms with van der Waals surface area (Å²) in [6, 6.07) is 5.46. The molecule has 0 atom stereocenters. The summed E-state index contributed by atoms with van der Waals surface area (Å²) in [7, 11) is 0. The summed E-state index contributed by atoms with van der Waals surface area (Å²) in [6.07, 6.45) is 5.06. The average Bonchev–Trinajstić information content (AvgIpc) is 2.52. The van der Waals surface area contributed by atoms with Crippen molar-refractivity contribution in [2.45, 2.75) is 72.6 Å². The molecule has 4 heteroatoms. The van der Waals surface area contributed by atoms with Gasteiger partial charge in [0.05, 0.1) is 0 Å². The molecule has 0 heterocycles. The van der Waals surface area contributed by atoms with Crippen molar-refractivity contribution >= 4 is 11.9 Å². The molecule has 0 amide bonds. The van der Waals surface area contributed by atoms with Crippen LogP contribution >= 0.6 is 0 Å². The van der Waals surface area contributed by atoms with Gasteiger partial charge in [-0.15, -0.1) is 0 Å². The lowest BCUT2D eigenvalue weighted by Crippen LogP contribution is -2.12. The van der Waals surface area contributed by atoms with Crippen LogP contribution in [0.3, 0.4) is 0 Å². The molecular weight excluding hydrogens is 304 g/mol. The standard InChI is InChI=1S/C20H30O4/c1-5-7-9-19(21)23-17-12-11-16(13-15(3)4)14-18(17)24-20(22)10-8-6-2/h11-12,14-15H,5-10,13H2,1-4H3. The molecule has 0 N–H and O–H groups in total. The molecule has 0 aromatic heterocycles. The minimum absolute atomic E-state index is 0.288. The van der Waals surface area contributed by atoms with Gasteiger partial charge in [-0.05, 0) is 42.9 Å². The minimum Gasteiger partial charge on any atom is -0.423 e. The Hall–Kier alpha value is -1.84. The van der Waals surface area contributed by atoms with E-state index < -0.39 is 0 Å². The molecule has 0 saturated carbocycles. The van der Waals surface area contributed by atoms with Crippen LogP contribution in [0.1, 0.15) is 71.8 Å². The fourth-order valence-corrected chi connectivity index (χ4v) is 2.30. The molecule has 0 radical (unpaired) electrons. The van der Waals surface area contributed by atoms with E-state index >= 15 is 0 Å². The van der Waals surface area contributed by atoms with Gasteiger partial charge in [-0.3, -0.25) is 9.59 Å². The molecule has 0 saturated heterocycles. The molecule has 134 valence electrons. The summed E-state index contributed by atoms with van der Waals surface area (Å²) in [5, 5.41) is 0. The number of benzene rings is 1. The molecule has 0 unspecified atom stereocenters. The van der Waals surface area contributed by atoms with E-state index in [9.17, 15) is 9.59 Å². The van der Waals surface area contributed by atoms with Gasteiger partial charge in [-0.25, -0.2) is 0 Å². The SMILES string of the molecule is CCCCC(=O)Oc1ccc(CC(C)C)cc1OC(=O)CCCC. The van der Waals surface area contributed by atoms with Crippen molar-refractivity contribution in [1.82, 2.24) is 0 Å². The van der Waals surface area contributed by atoms with Crippen LogP contribution in [0.25, 0.3) is 0 Å². The molecular formula is C20H30O4. The zero-order valence-electron chi connectivity index (χ0n) is 15.4. The quantitative estimate of drug-likeness (QED) is 0.442. The van der Waals surface area contributed by atoms with Crippen molar-refractivity contribution in [3.05, 3.63) is 23.8 Å². The lowest BCUT2D eigenvalue weighted by Gasteiger charge is -2.13. The monoisotopic (exact) mass is 334 g/mol. The first-order chi connectivity index (χ1) is 11.5. The number of carbonyl (C=O) groups excluding carboxylic acids is 2. The first-order valence-corrected chi connectivity index (χ1v) is 9.00. The lowest BCUT2D eigenvalue weighted by molar-refractivity contribution is -0.137. The Morgan fingerprint density at radius 2 is 1.46 bits per heavy atom. The molecule has 1 aromatic carbocycles. The van der Waals surface area contributed by atoms with Gasteiger partial charge < -0.3 is 9.47 Å². The van der Waals surface area contributed by atoms with Crippen LogP contribution in [0, 0.1) is 5.92 Å². The van der Waals surface area contributed by atoms with Gasteiger partial charge in [0.15, 0.2) is 11.5 Å². The number of rotatable bonds is 10. The first kappa shape index (κ1) is 20.2. The number of esters is 2. The number of unbranched alkanes of at least 4 members (excludes halogenated alkanes) is 2. The van der Waals surface area contributed by atoms with Crippen molar-refractivity contribution in [3.8, 4) is 11.5 Å². The second-order valence-corrected chi connectivity index (χ2v) is 6.53. The summed E-state index contributed by atoms with van der Waals surface area (Å²) in [6.45, 7) is 8.31. The highest BCUT2D eigenvalue weighted by molar-refractivity contribution is 5.76. The summed E-state index contributed by atoms with van der Waals surface area (Å²) in [5.74, 6) is 0.586. The molecule has 0 spiro atoms. The Morgan fingerprint density at radius 3 is 1.96 bits per heavy atom. The summed E-state index contributed by atoms with van der Waals surface area (Å²) in [5.41, 5.74) is 1.07. The van der Waals surface area contributed by atoms with Crippen molar-refractivity contribution in [1.29, 1.82) is 0 Å². The van der Waals surface area contributed by atoms with Crippen molar-refractivity contribution in [2.75, 3.05) is 0 Å². The lowest BCUT2D eigenvalue weighted by atomic mass is 10.0. The Morgan fingerprint density at radius 1 is 0.917 bits per heavy atom. The van der Waals surface area contributed by atoms with Crippen LogP contribution in [-0.2, 0) is 16.0 Å². The Balaban J connectivity index is 2.90. The van der Waals surface area contributed by atoms with Crippen LogP contribution < -0.4 is 9.47 Å². The van der Waals surface area contributed by atoms with E-state index in [2.05, 4.69) is 13.8 Å². The number of hydrogen-bond donors (Lipinski definition) is 0. The molecule has 1 aromatic rings. The van der Waals surface area contributed by atoms with E-state index in [-0.39, 0.29) is 11.9 Å². The van der Waals surface area contributed by atoms with E-state index in [4.69, 9.17) is 9.47 Å². The van der Waals surface area contributed by atoms with E-state index in [1.165, 1.54) is 0 Å². The molecule has 0 aliphatic rings. The summed E-state index contributed by atoms with van der Waals surface area (Å²) in [4.78, 5) is 23.8. The third-order valence-corrected chi connectivity index (χ3v) is 3.57. The minimum atomic E-state index is -0.292. The highest BCUT2D eigenvalue weighted by atomic mass is 16.6. The Kier molecular flexibility index (Phi) is 9.13. The first-order valence-electron chi connectivity index (χ1n) is 9.00. The van der Waals surface area contributed by atoms with Crippen LogP contribution in [-0.4, -0.2) is 11.9 Å². The summed E-state index contributed by atoms with van der Waals surface area (Å²) >= 11 is 0. The molecule has 0 fully saturated rings. The van der Waals surface area contributed by atoms with Gasteiger partial charge in [-0.2, -0.15) is 0 Å². The van der Waals surface area contributed by atoms with Crippen LogP contribution in [0.2, 0.25) is 0 Å². The molecule has 0 aliphatic heterocycles. The van der Waals surface area contributed by atoms with Crippen LogP contribution in [0.5, 0.6) is 11.5 Å². The maximum Gasteiger partial charge on any atom is 0.311 e. The van der Waals surface area contributed by atoms with Crippen molar-refractivity contribution in [2.24, 2.45) is 5.92 Å². The molecule has 0 aliphatic carbocycles. The van der Waals surface area contributed by atoms with Gasteiger partial charge in [0.2, 0.25) is 0 Å². The maximum absolute atomic E-state index is 12.0. The van der Waals surface area contributed by atoms with Gasteiger partial charge >= 0.3 is 11.9 Å². The van der Waals surface area contributed by atoms with Gasteiger partial charge in [0.25, 0.3) is 0 Å². The largest absolute Gasteiger partial charge is 0.423 e. The zero-order valence-corrected chi connectivity index (χ0v) is 15.4. The van der Waals surface area contributed by atoms with Crippen molar-refractivity contribution in [3.63, 3.8) is 0 Å². The molecule has 24 heavy (non-hydrogen) atoms. The average molecular weight is 334 g/mol. The topological polar surface area (TPSA) is 52.6 Å². The smallest absolute Gasteiger partial charge is 0.311 e. The summed E-state index contributed by atoms with van der Waals surface area (Å²) < 4.78 is 10.9. The highest BCUT2D eigenvalue weighted by Gasteiger charge is 2.15. The number of hydrogen-bond acceptors (Lipinski definition) is 4. The van der Waals surface area contributed by atoms with E-state index in [0.717, 1.165) is 37.7 Å². The van der Waals surface area contributed by atoms with Crippen molar-refractivity contribution < 1.29 is 19.1 Å². The van der Waals surface area contributed by atoms with Crippen LogP contribution in [0.15, 0.2) is 18.2 Å². The highest BCUT2D eigenvalue weighted by Crippen LogP contribution is 2.30. The van der Waals surface area contributed by atoms with Gasteiger partial charge in [0.1, 0.15) is 0 Å². The van der Waals surface area contributed by atoms with E-state index in [1.807, 2.05) is 26.0 Å². The third-order valence-electron chi connectivity index (χ3n) is 3.57. The Bertz CT molecular complexity index is 534. The van der Waals surface area contributed by atoms with E-state index in [1.54, 1.807) is 6.07 Å². The normalized spacial score (nSPS) is 10.7. The van der Waals surface area contributed by atoms with Crippen LogP contribution in [0.4, 0.5) is 0 Å². The number of ether oxygens (including phenoxy) is 2. The molecule has 1 rings (SSSR count). The fraction of sp³-hybridized carbons (Fsp3) is 0.600. The predicted octanol–water partition coefficient (Wildman–Crippen LogP) is 5.08. The van der Waals surface area contributed by atoms with Gasteiger partial charge in [0, 0.05) is 12.8 Å². The predicted molar refractivity (Wildman–Crippen MR) is 95.3 cm³/mol. The number of carbonyl (C=O) groups is 2. The van der Waals surface area contributed by atoms with Gasteiger partial charge in [-0.1, -0.05) is 46.6 Å². The maximum atomic E-state index is 12.0.